The lowest BCUT2D eigenvalue weighted by atomic mass is 9.93. The SMILES string of the molecule is CC(O)C1CCCN(C(=O)c2c(F)cccc2F)C1. The number of carbonyl (C=O) groups excluding carboxylic acids is 1. The molecule has 2 unspecified atom stereocenters. The fourth-order valence-corrected chi connectivity index (χ4v) is 2.45. The third-order valence-corrected chi connectivity index (χ3v) is 3.60. The molecule has 1 aromatic carbocycles. The first-order chi connectivity index (χ1) is 9.00. The van der Waals surface area contributed by atoms with Crippen LogP contribution in [0.2, 0.25) is 0 Å². The van der Waals surface area contributed by atoms with Gasteiger partial charge in [-0.2, -0.15) is 0 Å². The van der Waals surface area contributed by atoms with Crippen LogP contribution in [0.1, 0.15) is 30.1 Å². The number of aliphatic hydroxyl groups excluding tert-OH is 1. The van der Waals surface area contributed by atoms with Crippen molar-refractivity contribution in [2.75, 3.05) is 13.1 Å². The van der Waals surface area contributed by atoms with Crippen LogP contribution in [0.4, 0.5) is 8.78 Å². The predicted molar refractivity (Wildman–Crippen MR) is 66.7 cm³/mol. The van der Waals surface area contributed by atoms with Crippen LogP contribution in [0.15, 0.2) is 18.2 Å². The first-order valence-electron chi connectivity index (χ1n) is 6.42. The molecule has 0 saturated carbocycles. The highest BCUT2D eigenvalue weighted by atomic mass is 19.1. The topological polar surface area (TPSA) is 40.5 Å². The zero-order valence-electron chi connectivity index (χ0n) is 10.8. The molecule has 1 aliphatic rings. The molecule has 0 spiro atoms. The summed E-state index contributed by atoms with van der Waals surface area (Å²) in [4.78, 5) is 13.6. The van der Waals surface area contributed by atoms with E-state index in [2.05, 4.69) is 0 Å². The Hall–Kier alpha value is -1.49. The maximum atomic E-state index is 13.6. The summed E-state index contributed by atoms with van der Waals surface area (Å²) in [7, 11) is 0. The molecule has 104 valence electrons. The van der Waals surface area contributed by atoms with Gasteiger partial charge in [-0.15, -0.1) is 0 Å². The van der Waals surface area contributed by atoms with Gasteiger partial charge in [0.15, 0.2) is 0 Å². The van der Waals surface area contributed by atoms with E-state index < -0.39 is 29.2 Å². The molecular weight excluding hydrogens is 252 g/mol. The molecule has 1 heterocycles. The van der Waals surface area contributed by atoms with Crippen molar-refractivity contribution in [2.24, 2.45) is 5.92 Å². The molecule has 2 rings (SSSR count). The monoisotopic (exact) mass is 269 g/mol. The Kier molecular flexibility index (Phi) is 4.14. The second-order valence-corrected chi connectivity index (χ2v) is 4.99. The van der Waals surface area contributed by atoms with E-state index in [1.807, 2.05) is 0 Å². The van der Waals surface area contributed by atoms with Crippen LogP contribution >= 0.6 is 0 Å². The average Bonchev–Trinajstić information content (AvgIpc) is 2.38. The Balaban J connectivity index is 2.20. The van der Waals surface area contributed by atoms with E-state index in [0.717, 1.165) is 25.0 Å². The summed E-state index contributed by atoms with van der Waals surface area (Å²) < 4.78 is 27.1. The van der Waals surface area contributed by atoms with Gasteiger partial charge < -0.3 is 10.0 Å². The largest absolute Gasteiger partial charge is 0.393 e. The minimum atomic E-state index is -0.843. The normalized spacial score (nSPS) is 21.3. The summed E-state index contributed by atoms with van der Waals surface area (Å²) in [5.74, 6) is -2.36. The number of carbonyl (C=O) groups is 1. The fourth-order valence-electron chi connectivity index (χ4n) is 2.45. The van der Waals surface area contributed by atoms with Crippen LogP contribution in [0, 0.1) is 17.6 Å². The lowest BCUT2D eigenvalue weighted by Gasteiger charge is -2.34. The van der Waals surface area contributed by atoms with E-state index in [1.54, 1.807) is 6.92 Å². The lowest BCUT2D eigenvalue weighted by molar-refractivity contribution is 0.0459. The molecule has 1 N–H and O–H groups in total. The smallest absolute Gasteiger partial charge is 0.259 e. The molecule has 2 atom stereocenters. The molecule has 3 nitrogen and oxygen atoms in total. The van der Waals surface area contributed by atoms with Gasteiger partial charge in [-0.25, -0.2) is 8.78 Å². The molecule has 1 amide bonds. The second-order valence-electron chi connectivity index (χ2n) is 4.99. The summed E-state index contributed by atoms with van der Waals surface area (Å²) in [6, 6.07) is 3.38. The zero-order valence-corrected chi connectivity index (χ0v) is 10.8. The number of likely N-dealkylation sites (tertiary alicyclic amines) is 1. The maximum Gasteiger partial charge on any atom is 0.259 e. The van der Waals surface area contributed by atoms with Gasteiger partial charge in [-0.3, -0.25) is 4.79 Å². The highest BCUT2D eigenvalue weighted by Gasteiger charge is 2.29. The minimum Gasteiger partial charge on any atom is -0.393 e. The van der Waals surface area contributed by atoms with Gasteiger partial charge in [-0.1, -0.05) is 6.07 Å². The third kappa shape index (κ3) is 2.92. The molecule has 1 fully saturated rings. The number of halogens is 2. The number of rotatable bonds is 2. The molecule has 0 radical (unpaired) electrons. The highest BCUT2D eigenvalue weighted by Crippen LogP contribution is 2.23. The number of amides is 1. The van der Waals surface area contributed by atoms with Gasteiger partial charge >= 0.3 is 0 Å². The molecule has 1 aliphatic heterocycles. The molecule has 0 aromatic heterocycles. The number of hydrogen-bond donors (Lipinski definition) is 1. The van der Waals surface area contributed by atoms with Crippen LogP contribution in [0.25, 0.3) is 0 Å². The number of hydrogen-bond acceptors (Lipinski definition) is 2. The Morgan fingerprint density at radius 1 is 1.42 bits per heavy atom. The fraction of sp³-hybridized carbons (Fsp3) is 0.500. The molecule has 0 aliphatic carbocycles. The number of aliphatic hydroxyl groups is 1. The molecule has 19 heavy (non-hydrogen) atoms. The van der Waals surface area contributed by atoms with Crippen molar-refractivity contribution in [3.63, 3.8) is 0 Å². The summed E-state index contributed by atoms with van der Waals surface area (Å²) >= 11 is 0. The van der Waals surface area contributed by atoms with Gasteiger partial charge in [-0.05, 0) is 31.9 Å². The van der Waals surface area contributed by atoms with Gasteiger partial charge in [0, 0.05) is 19.0 Å². The molecule has 5 heteroatoms. The Bertz CT molecular complexity index is 456. The highest BCUT2D eigenvalue weighted by molar-refractivity contribution is 5.94. The van der Waals surface area contributed by atoms with E-state index in [0.29, 0.717) is 13.1 Å². The minimum absolute atomic E-state index is 0.0347. The standard InChI is InChI=1S/C14H17F2NO2/c1-9(18)10-4-3-7-17(8-10)14(19)13-11(15)5-2-6-12(13)16/h2,5-6,9-10,18H,3-4,7-8H2,1H3. The maximum absolute atomic E-state index is 13.6. The number of nitrogens with zero attached hydrogens (tertiary/aromatic N) is 1. The first kappa shape index (κ1) is 13.9. The van der Waals surface area contributed by atoms with Crippen LogP contribution < -0.4 is 0 Å². The van der Waals surface area contributed by atoms with Gasteiger partial charge in [0.1, 0.15) is 17.2 Å². The van der Waals surface area contributed by atoms with E-state index in [9.17, 15) is 18.7 Å². The molecule has 0 bridgehead atoms. The molecular formula is C14H17F2NO2. The number of benzene rings is 1. The molecule has 1 aromatic rings. The molecule has 1 saturated heterocycles. The quantitative estimate of drug-likeness (QED) is 0.894. The van der Waals surface area contributed by atoms with E-state index in [4.69, 9.17) is 0 Å². The van der Waals surface area contributed by atoms with Crippen LogP contribution in [-0.4, -0.2) is 35.1 Å². The van der Waals surface area contributed by atoms with Crippen LogP contribution in [-0.2, 0) is 0 Å². The van der Waals surface area contributed by atoms with Crippen molar-refractivity contribution in [1.29, 1.82) is 0 Å². The van der Waals surface area contributed by atoms with Crippen molar-refractivity contribution < 1.29 is 18.7 Å². The van der Waals surface area contributed by atoms with Crippen LogP contribution in [0.3, 0.4) is 0 Å². The zero-order chi connectivity index (χ0) is 14.0. The Morgan fingerprint density at radius 3 is 2.63 bits per heavy atom. The van der Waals surface area contributed by atoms with Crippen molar-refractivity contribution in [2.45, 2.75) is 25.9 Å². The van der Waals surface area contributed by atoms with E-state index >= 15 is 0 Å². The average molecular weight is 269 g/mol. The summed E-state index contributed by atoms with van der Waals surface area (Å²) in [6.07, 6.45) is 1.03. The van der Waals surface area contributed by atoms with Crippen molar-refractivity contribution in [1.82, 2.24) is 4.90 Å². The van der Waals surface area contributed by atoms with Crippen molar-refractivity contribution >= 4 is 5.91 Å². The number of piperidine rings is 1. The second kappa shape index (κ2) is 5.65. The van der Waals surface area contributed by atoms with Crippen molar-refractivity contribution in [3.05, 3.63) is 35.4 Å². The lowest BCUT2D eigenvalue weighted by Crippen LogP contribution is -2.43. The first-order valence-corrected chi connectivity index (χ1v) is 6.42. The van der Waals surface area contributed by atoms with Crippen molar-refractivity contribution in [3.8, 4) is 0 Å². The summed E-state index contributed by atoms with van der Waals surface area (Å²) in [6.45, 7) is 2.47. The van der Waals surface area contributed by atoms with Gasteiger partial charge in [0.05, 0.1) is 6.10 Å². The van der Waals surface area contributed by atoms with Crippen LogP contribution in [0.5, 0.6) is 0 Å². The van der Waals surface area contributed by atoms with Gasteiger partial charge in [0.25, 0.3) is 5.91 Å². The van der Waals surface area contributed by atoms with E-state index in [1.165, 1.54) is 11.0 Å². The predicted octanol–water partition coefficient (Wildman–Crippen LogP) is 2.20. The van der Waals surface area contributed by atoms with E-state index in [-0.39, 0.29) is 5.92 Å². The Morgan fingerprint density at radius 2 is 2.05 bits per heavy atom. The summed E-state index contributed by atoms with van der Waals surface area (Å²) in [5, 5.41) is 9.57. The third-order valence-electron chi connectivity index (χ3n) is 3.60. The van der Waals surface area contributed by atoms with Gasteiger partial charge in [0.2, 0.25) is 0 Å². The summed E-state index contributed by atoms with van der Waals surface area (Å²) in [5.41, 5.74) is -0.506. The Labute approximate surface area is 110 Å².